The van der Waals surface area contributed by atoms with Gasteiger partial charge in [-0.25, -0.2) is 0 Å². The first-order valence-electron chi connectivity index (χ1n) is 9.20. The Morgan fingerprint density at radius 3 is 2.48 bits per heavy atom. The van der Waals surface area contributed by atoms with Gasteiger partial charge >= 0.3 is 0 Å². The van der Waals surface area contributed by atoms with Crippen molar-refractivity contribution in [1.82, 2.24) is 4.90 Å². The molecule has 0 spiro atoms. The van der Waals surface area contributed by atoms with Gasteiger partial charge in [-0.1, -0.05) is 36.4 Å². The van der Waals surface area contributed by atoms with Crippen LogP contribution in [0.2, 0.25) is 0 Å². The van der Waals surface area contributed by atoms with Crippen molar-refractivity contribution in [3.8, 4) is 0 Å². The highest BCUT2D eigenvalue weighted by atomic mass is 16.2. The molecule has 0 saturated heterocycles. The first-order valence-corrected chi connectivity index (χ1v) is 9.20. The van der Waals surface area contributed by atoms with E-state index >= 15 is 0 Å². The lowest BCUT2D eigenvalue weighted by Crippen LogP contribution is -2.36. The number of Topliss-reactive ketones (excluding diaryl/α,β-unsaturated/α-hetero) is 1. The molecule has 0 fully saturated rings. The van der Waals surface area contributed by atoms with Crippen LogP contribution in [0.5, 0.6) is 0 Å². The number of hydrogen-bond donors (Lipinski definition) is 0. The number of carbonyl (C=O) groups excluding carboxylic acids is 2. The van der Waals surface area contributed by atoms with Gasteiger partial charge in [0, 0.05) is 31.5 Å². The first kappa shape index (κ1) is 16.1. The molecule has 0 saturated carbocycles. The summed E-state index contributed by atoms with van der Waals surface area (Å²) in [5, 5.41) is 0. The van der Waals surface area contributed by atoms with Gasteiger partial charge < -0.3 is 4.90 Å². The van der Waals surface area contributed by atoms with Crippen molar-refractivity contribution in [3.05, 3.63) is 70.3 Å². The zero-order valence-corrected chi connectivity index (χ0v) is 14.5. The van der Waals surface area contributed by atoms with E-state index in [-0.39, 0.29) is 11.7 Å². The van der Waals surface area contributed by atoms with E-state index < -0.39 is 0 Å². The Hall–Kier alpha value is -2.42. The number of hydrogen-bond acceptors (Lipinski definition) is 2. The predicted molar refractivity (Wildman–Crippen MR) is 97.6 cm³/mol. The Kier molecular flexibility index (Phi) is 4.39. The van der Waals surface area contributed by atoms with E-state index in [1.54, 1.807) is 0 Å². The number of ketones is 1. The van der Waals surface area contributed by atoms with Crippen molar-refractivity contribution >= 4 is 11.7 Å². The van der Waals surface area contributed by atoms with E-state index in [4.69, 9.17) is 0 Å². The summed E-state index contributed by atoms with van der Waals surface area (Å²) in [7, 11) is 0. The van der Waals surface area contributed by atoms with Crippen LogP contribution in [0.1, 0.15) is 51.9 Å². The molecule has 128 valence electrons. The minimum absolute atomic E-state index is 0.0838. The fourth-order valence-electron chi connectivity index (χ4n) is 3.98. The summed E-state index contributed by atoms with van der Waals surface area (Å²) in [6.45, 7) is 1.42. The van der Waals surface area contributed by atoms with Crippen LogP contribution in [-0.4, -0.2) is 23.1 Å². The highest BCUT2D eigenvalue weighted by Gasteiger charge is 2.21. The highest BCUT2D eigenvalue weighted by molar-refractivity contribution is 5.98. The van der Waals surface area contributed by atoms with Crippen LogP contribution in [0.25, 0.3) is 0 Å². The lowest BCUT2D eigenvalue weighted by Gasteiger charge is -2.28. The van der Waals surface area contributed by atoms with Crippen molar-refractivity contribution < 1.29 is 9.59 Å². The molecule has 3 nitrogen and oxygen atoms in total. The highest BCUT2D eigenvalue weighted by Crippen LogP contribution is 2.24. The van der Waals surface area contributed by atoms with Gasteiger partial charge in [-0.2, -0.15) is 0 Å². The number of amides is 1. The summed E-state index contributed by atoms with van der Waals surface area (Å²) in [4.78, 5) is 26.9. The number of benzene rings is 2. The second-order valence-electron chi connectivity index (χ2n) is 7.09. The zero-order valence-electron chi connectivity index (χ0n) is 14.5. The lowest BCUT2D eigenvalue weighted by atomic mass is 9.98. The third kappa shape index (κ3) is 3.37. The van der Waals surface area contributed by atoms with Gasteiger partial charge in [0.1, 0.15) is 0 Å². The molecule has 0 bridgehead atoms. The standard InChI is InChI=1S/C22H23NO2/c24-21(19-9-8-16-6-3-7-18(16)14-19)10-11-22(25)23-13-12-17-4-1-2-5-20(17)15-23/h1-2,4-5,8-9,14H,3,6-7,10-13,15H2. The van der Waals surface area contributed by atoms with Gasteiger partial charge in [0.25, 0.3) is 0 Å². The van der Waals surface area contributed by atoms with Crippen LogP contribution in [0.15, 0.2) is 42.5 Å². The van der Waals surface area contributed by atoms with E-state index in [0.717, 1.165) is 31.4 Å². The fourth-order valence-corrected chi connectivity index (χ4v) is 3.98. The number of rotatable bonds is 4. The Morgan fingerprint density at radius 1 is 0.840 bits per heavy atom. The Bertz CT molecular complexity index is 825. The number of nitrogens with zero attached hydrogens (tertiary/aromatic N) is 1. The maximum Gasteiger partial charge on any atom is 0.223 e. The minimum atomic E-state index is 0.0838. The maximum absolute atomic E-state index is 12.5. The molecule has 1 aliphatic carbocycles. The maximum atomic E-state index is 12.5. The minimum Gasteiger partial charge on any atom is -0.338 e. The fraction of sp³-hybridized carbons (Fsp3) is 0.364. The third-order valence-electron chi connectivity index (χ3n) is 5.47. The molecule has 0 radical (unpaired) electrons. The summed E-state index contributed by atoms with van der Waals surface area (Å²) < 4.78 is 0. The summed E-state index contributed by atoms with van der Waals surface area (Å²) in [5.74, 6) is 0.171. The van der Waals surface area contributed by atoms with E-state index in [2.05, 4.69) is 18.2 Å². The normalized spacial score (nSPS) is 15.6. The Morgan fingerprint density at radius 2 is 1.60 bits per heavy atom. The van der Waals surface area contributed by atoms with E-state index in [0.29, 0.717) is 19.4 Å². The SMILES string of the molecule is O=C(CCC(=O)N1CCc2ccccc2C1)c1ccc2c(c1)CCC2. The van der Waals surface area contributed by atoms with E-state index in [1.807, 2.05) is 29.2 Å². The molecule has 2 aromatic rings. The van der Waals surface area contributed by atoms with Crippen LogP contribution in [0, 0.1) is 0 Å². The van der Waals surface area contributed by atoms with Crippen molar-refractivity contribution in [2.45, 2.75) is 45.1 Å². The van der Waals surface area contributed by atoms with Crippen molar-refractivity contribution in [3.63, 3.8) is 0 Å². The molecule has 3 heteroatoms. The van der Waals surface area contributed by atoms with Gasteiger partial charge in [-0.3, -0.25) is 9.59 Å². The number of fused-ring (bicyclic) bond motifs is 2. The smallest absolute Gasteiger partial charge is 0.223 e. The lowest BCUT2D eigenvalue weighted by molar-refractivity contribution is -0.132. The van der Waals surface area contributed by atoms with E-state index in [9.17, 15) is 9.59 Å². The first-order chi connectivity index (χ1) is 12.2. The summed E-state index contributed by atoms with van der Waals surface area (Å²) in [6.07, 6.45) is 4.89. The van der Waals surface area contributed by atoms with Gasteiger partial charge in [-0.15, -0.1) is 0 Å². The third-order valence-corrected chi connectivity index (χ3v) is 5.47. The average Bonchev–Trinajstić information content (AvgIpc) is 3.13. The van der Waals surface area contributed by atoms with Gasteiger partial charge in [-0.05, 0) is 54.0 Å². The second-order valence-corrected chi connectivity index (χ2v) is 7.09. The quantitative estimate of drug-likeness (QED) is 0.800. The Balaban J connectivity index is 1.35. The molecule has 0 atom stereocenters. The van der Waals surface area contributed by atoms with Crippen LogP contribution in [0.3, 0.4) is 0 Å². The van der Waals surface area contributed by atoms with Gasteiger partial charge in [0.05, 0.1) is 0 Å². The molecule has 0 unspecified atom stereocenters. The molecule has 1 amide bonds. The summed E-state index contributed by atoms with van der Waals surface area (Å²) >= 11 is 0. The van der Waals surface area contributed by atoms with Gasteiger partial charge in [0.2, 0.25) is 5.91 Å². The monoisotopic (exact) mass is 333 g/mol. The van der Waals surface area contributed by atoms with Crippen LogP contribution >= 0.6 is 0 Å². The molecule has 4 rings (SSSR count). The van der Waals surface area contributed by atoms with Crippen molar-refractivity contribution in [2.24, 2.45) is 0 Å². The van der Waals surface area contributed by atoms with Crippen molar-refractivity contribution in [2.75, 3.05) is 6.54 Å². The molecule has 2 aliphatic rings. The molecular formula is C22H23NO2. The Labute approximate surface area is 148 Å². The molecule has 2 aromatic carbocycles. The molecule has 0 aromatic heterocycles. The molecular weight excluding hydrogens is 310 g/mol. The second kappa shape index (κ2) is 6.83. The largest absolute Gasteiger partial charge is 0.338 e. The van der Waals surface area contributed by atoms with Crippen LogP contribution < -0.4 is 0 Å². The molecule has 0 N–H and O–H groups in total. The predicted octanol–water partition coefficient (Wildman–Crippen LogP) is 3.72. The topological polar surface area (TPSA) is 37.4 Å². The van der Waals surface area contributed by atoms with Gasteiger partial charge in [0.15, 0.2) is 5.78 Å². The zero-order chi connectivity index (χ0) is 17.2. The number of carbonyl (C=O) groups is 2. The van der Waals surface area contributed by atoms with Crippen LogP contribution in [-0.2, 0) is 30.6 Å². The molecule has 25 heavy (non-hydrogen) atoms. The van der Waals surface area contributed by atoms with Crippen LogP contribution in [0.4, 0.5) is 0 Å². The number of aryl methyl sites for hydroxylation is 2. The molecule has 1 heterocycles. The average molecular weight is 333 g/mol. The summed E-state index contributed by atoms with van der Waals surface area (Å²) in [6, 6.07) is 14.3. The molecule has 1 aliphatic heterocycles. The van der Waals surface area contributed by atoms with E-state index in [1.165, 1.54) is 28.7 Å². The summed E-state index contributed by atoms with van der Waals surface area (Å²) in [5.41, 5.74) is 6.01. The van der Waals surface area contributed by atoms with Crippen molar-refractivity contribution in [1.29, 1.82) is 0 Å².